The lowest BCUT2D eigenvalue weighted by Crippen LogP contribution is -2.47. The molecule has 26 heavy (non-hydrogen) atoms. The lowest BCUT2D eigenvalue weighted by atomic mass is 10.1. The summed E-state index contributed by atoms with van der Waals surface area (Å²) in [6.45, 7) is 2.83. The number of amides is 2. The predicted molar refractivity (Wildman–Crippen MR) is 99.0 cm³/mol. The van der Waals surface area contributed by atoms with E-state index in [9.17, 15) is 14.4 Å². The SMILES string of the molecule is CC(=O)c1ccc2c(c1)N(CC(=O)Nc1ccccc1Cl)C(=O)C(C)O2. The Labute approximate surface area is 155 Å². The third-order valence-electron chi connectivity index (χ3n) is 4.02. The van der Waals surface area contributed by atoms with Gasteiger partial charge in [-0.15, -0.1) is 0 Å². The van der Waals surface area contributed by atoms with E-state index >= 15 is 0 Å². The van der Waals surface area contributed by atoms with Gasteiger partial charge in [-0.05, 0) is 44.2 Å². The van der Waals surface area contributed by atoms with Gasteiger partial charge in [-0.25, -0.2) is 0 Å². The Morgan fingerprint density at radius 2 is 1.96 bits per heavy atom. The summed E-state index contributed by atoms with van der Waals surface area (Å²) in [4.78, 5) is 37.9. The minimum absolute atomic E-state index is 0.140. The molecule has 7 heteroatoms. The van der Waals surface area contributed by atoms with Crippen molar-refractivity contribution in [2.45, 2.75) is 20.0 Å². The van der Waals surface area contributed by atoms with Crippen LogP contribution in [0.3, 0.4) is 0 Å². The number of benzene rings is 2. The molecule has 2 aromatic carbocycles. The molecule has 0 bridgehead atoms. The first-order valence-electron chi connectivity index (χ1n) is 8.04. The minimum Gasteiger partial charge on any atom is -0.479 e. The molecule has 1 heterocycles. The van der Waals surface area contributed by atoms with Gasteiger partial charge in [0.05, 0.1) is 16.4 Å². The van der Waals surface area contributed by atoms with Gasteiger partial charge in [0.15, 0.2) is 11.9 Å². The number of rotatable bonds is 4. The van der Waals surface area contributed by atoms with Crippen LogP contribution in [0.25, 0.3) is 0 Å². The van der Waals surface area contributed by atoms with E-state index < -0.39 is 12.0 Å². The summed E-state index contributed by atoms with van der Waals surface area (Å²) in [7, 11) is 0. The summed E-state index contributed by atoms with van der Waals surface area (Å²) in [5, 5.41) is 3.09. The smallest absolute Gasteiger partial charge is 0.268 e. The fraction of sp³-hybridized carbons (Fsp3) is 0.211. The van der Waals surface area contributed by atoms with Crippen molar-refractivity contribution in [2.75, 3.05) is 16.8 Å². The van der Waals surface area contributed by atoms with E-state index in [0.717, 1.165) is 0 Å². The standard InChI is InChI=1S/C19H17ClN2O4/c1-11(23)13-7-8-17-16(9-13)22(19(25)12(2)26-17)10-18(24)21-15-6-4-3-5-14(15)20/h3-9,12H,10H2,1-2H3,(H,21,24). The first kappa shape index (κ1) is 17.9. The van der Waals surface area contributed by atoms with Crippen LogP contribution in [0.2, 0.25) is 5.02 Å². The van der Waals surface area contributed by atoms with Crippen LogP contribution in [0, 0.1) is 0 Å². The van der Waals surface area contributed by atoms with Gasteiger partial charge in [0.2, 0.25) is 5.91 Å². The first-order chi connectivity index (χ1) is 12.4. The Kier molecular flexibility index (Phi) is 4.95. The summed E-state index contributed by atoms with van der Waals surface area (Å²) >= 11 is 6.05. The number of halogens is 1. The van der Waals surface area contributed by atoms with Crippen molar-refractivity contribution in [3.63, 3.8) is 0 Å². The number of para-hydroxylation sites is 1. The molecule has 6 nitrogen and oxygen atoms in total. The van der Waals surface area contributed by atoms with Crippen molar-refractivity contribution in [3.05, 3.63) is 53.1 Å². The molecule has 1 atom stereocenters. The number of ketones is 1. The van der Waals surface area contributed by atoms with E-state index in [1.165, 1.54) is 11.8 Å². The highest BCUT2D eigenvalue weighted by Crippen LogP contribution is 2.35. The molecule has 1 aliphatic heterocycles. The van der Waals surface area contributed by atoms with Gasteiger partial charge in [0.1, 0.15) is 12.3 Å². The lowest BCUT2D eigenvalue weighted by molar-refractivity contribution is -0.127. The molecule has 0 fully saturated rings. The number of nitrogens with zero attached hydrogens (tertiary/aromatic N) is 1. The van der Waals surface area contributed by atoms with Crippen molar-refractivity contribution in [3.8, 4) is 5.75 Å². The van der Waals surface area contributed by atoms with Crippen molar-refractivity contribution in [1.29, 1.82) is 0 Å². The zero-order valence-electron chi connectivity index (χ0n) is 14.3. The topological polar surface area (TPSA) is 75.7 Å². The average Bonchev–Trinajstić information content (AvgIpc) is 2.60. The van der Waals surface area contributed by atoms with E-state index in [1.54, 1.807) is 49.4 Å². The second-order valence-electron chi connectivity index (χ2n) is 5.95. The van der Waals surface area contributed by atoms with E-state index in [1.807, 2.05) is 0 Å². The molecule has 1 unspecified atom stereocenters. The fourth-order valence-corrected chi connectivity index (χ4v) is 2.87. The number of Topliss-reactive ketones (excluding diaryl/α,β-unsaturated/α-hetero) is 1. The van der Waals surface area contributed by atoms with Crippen LogP contribution in [-0.2, 0) is 9.59 Å². The van der Waals surface area contributed by atoms with Crippen LogP contribution < -0.4 is 15.0 Å². The molecule has 0 spiro atoms. The number of fused-ring (bicyclic) bond motifs is 1. The van der Waals surface area contributed by atoms with Crippen LogP contribution in [-0.4, -0.2) is 30.2 Å². The van der Waals surface area contributed by atoms with Crippen LogP contribution >= 0.6 is 11.6 Å². The second-order valence-corrected chi connectivity index (χ2v) is 6.36. The van der Waals surface area contributed by atoms with Gasteiger partial charge in [-0.3, -0.25) is 19.3 Å². The van der Waals surface area contributed by atoms with Crippen molar-refractivity contribution in [2.24, 2.45) is 0 Å². The van der Waals surface area contributed by atoms with E-state index in [-0.39, 0.29) is 18.2 Å². The van der Waals surface area contributed by atoms with Gasteiger partial charge in [-0.2, -0.15) is 0 Å². The van der Waals surface area contributed by atoms with E-state index in [0.29, 0.717) is 27.7 Å². The van der Waals surface area contributed by atoms with Gasteiger partial charge >= 0.3 is 0 Å². The second kappa shape index (κ2) is 7.17. The molecule has 2 amide bonds. The summed E-state index contributed by atoms with van der Waals surface area (Å²) in [6.07, 6.45) is -0.723. The van der Waals surface area contributed by atoms with Crippen molar-refractivity contribution in [1.82, 2.24) is 0 Å². The molecule has 3 rings (SSSR count). The zero-order valence-corrected chi connectivity index (χ0v) is 15.0. The highest BCUT2D eigenvalue weighted by Gasteiger charge is 2.33. The monoisotopic (exact) mass is 372 g/mol. The molecule has 0 radical (unpaired) electrons. The van der Waals surface area contributed by atoms with Crippen molar-refractivity contribution >= 4 is 40.6 Å². The molecular formula is C19H17ClN2O4. The fourth-order valence-electron chi connectivity index (χ4n) is 2.69. The zero-order chi connectivity index (χ0) is 18.8. The number of hydrogen-bond acceptors (Lipinski definition) is 4. The Bertz CT molecular complexity index is 897. The minimum atomic E-state index is -0.723. The van der Waals surface area contributed by atoms with Crippen LogP contribution in [0.15, 0.2) is 42.5 Å². The van der Waals surface area contributed by atoms with Crippen molar-refractivity contribution < 1.29 is 19.1 Å². The quantitative estimate of drug-likeness (QED) is 0.835. The van der Waals surface area contributed by atoms with Crippen LogP contribution in [0.1, 0.15) is 24.2 Å². The normalized spacial score (nSPS) is 15.9. The third kappa shape index (κ3) is 3.55. The number of hydrogen-bond donors (Lipinski definition) is 1. The van der Waals surface area contributed by atoms with Crippen LogP contribution in [0.4, 0.5) is 11.4 Å². The van der Waals surface area contributed by atoms with Gasteiger partial charge < -0.3 is 10.1 Å². The number of carbonyl (C=O) groups excluding carboxylic acids is 3. The molecule has 2 aromatic rings. The maximum Gasteiger partial charge on any atom is 0.268 e. The largest absolute Gasteiger partial charge is 0.479 e. The van der Waals surface area contributed by atoms with E-state index in [4.69, 9.17) is 16.3 Å². The molecule has 134 valence electrons. The molecule has 0 aromatic heterocycles. The van der Waals surface area contributed by atoms with E-state index in [2.05, 4.69) is 5.32 Å². The summed E-state index contributed by atoms with van der Waals surface area (Å²) in [6, 6.07) is 11.7. The Morgan fingerprint density at radius 1 is 1.23 bits per heavy atom. The highest BCUT2D eigenvalue weighted by molar-refractivity contribution is 6.33. The Morgan fingerprint density at radius 3 is 2.65 bits per heavy atom. The van der Waals surface area contributed by atoms with Gasteiger partial charge in [0.25, 0.3) is 5.91 Å². The number of ether oxygens (including phenoxy) is 1. The molecule has 0 aliphatic carbocycles. The Hall–Kier alpha value is -2.86. The molecule has 1 N–H and O–H groups in total. The molecular weight excluding hydrogens is 356 g/mol. The predicted octanol–water partition coefficient (Wildman–Crippen LogP) is 3.30. The molecule has 0 saturated carbocycles. The van der Waals surface area contributed by atoms with Gasteiger partial charge in [0, 0.05) is 5.56 Å². The highest BCUT2D eigenvalue weighted by atomic mass is 35.5. The van der Waals surface area contributed by atoms with Gasteiger partial charge in [-0.1, -0.05) is 23.7 Å². The maximum absolute atomic E-state index is 12.5. The third-order valence-corrected chi connectivity index (χ3v) is 4.35. The van der Waals surface area contributed by atoms with Crippen LogP contribution in [0.5, 0.6) is 5.75 Å². The maximum atomic E-state index is 12.5. The summed E-state index contributed by atoms with van der Waals surface area (Å²) in [5.41, 5.74) is 1.30. The number of carbonyl (C=O) groups is 3. The summed E-state index contributed by atoms with van der Waals surface area (Å²) < 4.78 is 5.57. The lowest BCUT2D eigenvalue weighted by Gasteiger charge is -2.32. The molecule has 1 aliphatic rings. The average molecular weight is 373 g/mol. The summed E-state index contributed by atoms with van der Waals surface area (Å²) in [5.74, 6) is -0.445. The number of anilines is 2. The molecule has 0 saturated heterocycles. The number of nitrogens with one attached hydrogen (secondary N) is 1. The Balaban J connectivity index is 1.88. The first-order valence-corrected chi connectivity index (χ1v) is 8.42.